The van der Waals surface area contributed by atoms with Gasteiger partial charge in [-0.15, -0.1) is 0 Å². The Kier molecular flexibility index (Phi) is 2.48. The first-order valence-electron chi connectivity index (χ1n) is 4.80. The van der Waals surface area contributed by atoms with E-state index in [1.165, 1.54) is 19.1 Å². The number of anilines is 1. The van der Waals surface area contributed by atoms with E-state index in [4.69, 9.17) is 10.3 Å². The summed E-state index contributed by atoms with van der Waals surface area (Å²) in [5, 5.41) is 10.8. The van der Waals surface area contributed by atoms with Gasteiger partial charge in [-0.3, -0.25) is 4.55 Å². The van der Waals surface area contributed by atoms with Crippen molar-refractivity contribution in [2.24, 2.45) is 0 Å². The van der Waals surface area contributed by atoms with Gasteiger partial charge in [-0.05, 0) is 36.6 Å². The zero-order chi connectivity index (χ0) is 12.8. The third-order valence-electron chi connectivity index (χ3n) is 2.62. The summed E-state index contributed by atoms with van der Waals surface area (Å²) < 4.78 is 31.3. The molecule has 4 N–H and O–H groups in total. The van der Waals surface area contributed by atoms with Crippen LogP contribution in [0.4, 0.5) is 5.69 Å². The Morgan fingerprint density at radius 3 is 2.47 bits per heavy atom. The van der Waals surface area contributed by atoms with Crippen molar-refractivity contribution < 1.29 is 18.1 Å². The smallest absolute Gasteiger partial charge is 0.294 e. The monoisotopic (exact) mass is 253 g/mol. The Bertz CT molecular complexity index is 707. The molecule has 0 spiro atoms. The number of phenols is 1. The van der Waals surface area contributed by atoms with Crippen LogP contribution >= 0.6 is 0 Å². The van der Waals surface area contributed by atoms with Gasteiger partial charge in [0.25, 0.3) is 10.1 Å². The zero-order valence-electron chi connectivity index (χ0n) is 9.01. The van der Waals surface area contributed by atoms with Crippen LogP contribution in [0.2, 0.25) is 0 Å². The van der Waals surface area contributed by atoms with Crippen LogP contribution in [0.1, 0.15) is 5.56 Å². The minimum Gasteiger partial charge on any atom is -0.507 e. The quantitative estimate of drug-likeness (QED) is 0.530. The zero-order valence-corrected chi connectivity index (χ0v) is 9.82. The fourth-order valence-electron chi connectivity index (χ4n) is 1.75. The molecule has 0 radical (unpaired) electrons. The number of fused-ring (bicyclic) bond motifs is 1. The third kappa shape index (κ3) is 1.92. The molecule has 0 aromatic heterocycles. The SMILES string of the molecule is Cc1c(S(=O)(=O)O)cc2cc(N)ccc2c1O. The molecule has 0 saturated carbocycles. The summed E-state index contributed by atoms with van der Waals surface area (Å²) in [5.41, 5.74) is 6.14. The average Bonchev–Trinajstić information content (AvgIpc) is 2.21. The minimum atomic E-state index is -4.36. The van der Waals surface area contributed by atoms with E-state index in [-0.39, 0.29) is 16.2 Å². The summed E-state index contributed by atoms with van der Waals surface area (Å²) >= 11 is 0. The molecule has 0 unspecified atom stereocenters. The molecule has 0 bridgehead atoms. The summed E-state index contributed by atoms with van der Waals surface area (Å²) in [6, 6.07) is 6.02. The van der Waals surface area contributed by atoms with Crippen molar-refractivity contribution in [3.8, 4) is 5.75 Å². The van der Waals surface area contributed by atoms with Gasteiger partial charge in [-0.2, -0.15) is 8.42 Å². The van der Waals surface area contributed by atoms with Crippen LogP contribution in [-0.4, -0.2) is 18.1 Å². The molecule has 0 heterocycles. The Morgan fingerprint density at radius 2 is 1.88 bits per heavy atom. The van der Waals surface area contributed by atoms with Crippen molar-refractivity contribution in [3.63, 3.8) is 0 Å². The van der Waals surface area contributed by atoms with Gasteiger partial charge in [-0.25, -0.2) is 0 Å². The number of hydrogen-bond donors (Lipinski definition) is 3. The van der Waals surface area contributed by atoms with Crippen LogP contribution in [0.5, 0.6) is 5.75 Å². The van der Waals surface area contributed by atoms with E-state index < -0.39 is 10.1 Å². The molecule has 0 saturated heterocycles. The van der Waals surface area contributed by atoms with Gasteiger partial charge in [0.15, 0.2) is 0 Å². The fourth-order valence-corrected chi connectivity index (χ4v) is 2.51. The van der Waals surface area contributed by atoms with Crippen molar-refractivity contribution in [3.05, 3.63) is 29.8 Å². The second-order valence-electron chi connectivity index (χ2n) is 3.80. The summed E-state index contributed by atoms with van der Waals surface area (Å²) in [7, 11) is -4.36. The third-order valence-corrected chi connectivity index (χ3v) is 3.60. The Balaban J connectivity index is 2.95. The van der Waals surface area contributed by atoms with Gasteiger partial charge < -0.3 is 10.8 Å². The summed E-state index contributed by atoms with van der Waals surface area (Å²) in [6.45, 7) is 1.42. The number of nitrogen functional groups attached to an aromatic ring is 1. The van der Waals surface area contributed by atoms with Crippen molar-refractivity contribution in [2.75, 3.05) is 5.73 Å². The second-order valence-corrected chi connectivity index (χ2v) is 5.19. The highest BCUT2D eigenvalue weighted by molar-refractivity contribution is 7.85. The van der Waals surface area contributed by atoms with Crippen LogP contribution in [0.15, 0.2) is 29.2 Å². The van der Waals surface area contributed by atoms with E-state index in [1.807, 2.05) is 0 Å². The number of aromatic hydroxyl groups is 1. The van der Waals surface area contributed by atoms with E-state index in [9.17, 15) is 13.5 Å². The van der Waals surface area contributed by atoms with Crippen molar-refractivity contribution >= 4 is 26.6 Å². The van der Waals surface area contributed by atoms with Gasteiger partial charge >= 0.3 is 0 Å². The number of phenolic OH excluding ortho intramolecular Hbond substituents is 1. The maximum Gasteiger partial charge on any atom is 0.294 e. The van der Waals surface area contributed by atoms with Crippen LogP contribution in [-0.2, 0) is 10.1 Å². The number of benzene rings is 2. The predicted octanol–water partition coefficient (Wildman–Crippen LogP) is 1.68. The topological polar surface area (TPSA) is 101 Å². The Labute approximate surface area is 98.2 Å². The van der Waals surface area contributed by atoms with Gasteiger partial charge in [0.2, 0.25) is 0 Å². The molecule has 90 valence electrons. The van der Waals surface area contributed by atoms with Gasteiger partial charge in [-0.1, -0.05) is 0 Å². The van der Waals surface area contributed by atoms with Gasteiger partial charge in [0, 0.05) is 16.6 Å². The van der Waals surface area contributed by atoms with Crippen LogP contribution in [0.25, 0.3) is 10.8 Å². The molecule has 0 aliphatic carbocycles. The van der Waals surface area contributed by atoms with Crippen LogP contribution in [0.3, 0.4) is 0 Å². The van der Waals surface area contributed by atoms with Crippen molar-refractivity contribution in [1.82, 2.24) is 0 Å². The summed E-state index contributed by atoms with van der Waals surface area (Å²) in [6.07, 6.45) is 0. The summed E-state index contributed by atoms with van der Waals surface area (Å²) in [4.78, 5) is -0.312. The molecule has 6 heteroatoms. The Morgan fingerprint density at radius 1 is 1.24 bits per heavy atom. The minimum absolute atomic E-state index is 0.116. The first-order chi connectivity index (χ1) is 7.80. The maximum absolute atomic E-state index is 11.1. The predicted molar refractivity (Wildman–Crippen MR) is 64.6 cm³/mol. The standard InChI is InChI=1S/C11H11NO4S/c1-6-10(17(14,15)16)5-7-4-8(12)2-3-9(7)11(6)13/h2-5,13H,12H2,1H3,(H,14,15,16). The van der Waals surface area contributed by atoms with Gasteiger partial charge in [0.05, 0.1) is 0 Å². The molecule has 2 aromatic carbocycles. The van der Waals surface area contributed by atoms with Crippen LogP contribution in [0, 0.1) is 6.92 Å². The van der Waals surface area contributed by atoms with E-state index in [0.29, 0.717) is 16.5 Å². The first-order valence-corrected chi connectivity index (χ1v) is 6.24. The molecular formula is C11H11NO4S. The lowest BCUT2D eigenvalue weighted by molar-refractivity contribution is 0.466. The van der Waals surface area contributed by atoms with E-state index in [2.05, 4.69) is 0 Å². The molecule has 2 aromatic rings. The summed E-state index contributed by atoms with van der Waals surface area (Å²) in [5.74, 6) is -0.171. The van der Waals surface area contributed by atoms with E-state index in [1.54, 1.807) is 12.1 Å². The fraction of sp³-hybridized carbons (Fsp3) is 0.0909. The molecule has 0 aliphatic heterocycles. The number of hydrogen-bond acceptors (Lipinski definition) is 4. The lowest BCUT2D eigenvalue weighted by Gasteiger charge is -2.09. The molecule has 0 amide bonds. The number of nitrogens with two attached hydrogens (primary N) is 1. The molecule has 0 aliphatic rings. The lowest BCUT2D eigenvalue weighted by atomic mass is 10.1. The second kappa shape index (κ2) is 3.61. The highest BCUT2D eigenvalue weighted by Gasteiger charge is 2.18. The Hall–Kier alpha value is -1.79. The molecule has 2 rings (SSSR count). The highest BCUT2D eigenvalue weighted by atomic mass is 32.2. The van der Waals surface area contributed by atoms with Gasteiger partial charge in [0.1, 0.15) is 10.6 Å². The largest absolute Gasteiger partial charge is 0.507 e. The molecular weight excluding hydrogens is 242 g/mol. The molecule has 0 atom stereocenters. The normalized spacial score (nSPS) is 11.9. The van der Waals surface area contributed by atoms with E-state index >= 15 is 0 Å². The first kappa shape index (κ1) is 11.7. The van der Waals surface area contributed by atoms with Crippen LogP contribution < -0.4 is 5.73 Å². The van der Waals surface area contributed by atoms with Crippen molar-refractivity contribution in [1.29, 1.82) is 0 Å². The van der Waals surface area contributed by atoms with Crippen molar-refractivity contribution in [2.45, 2.75) is 11.8 Å². The number of rotatable bonds is 1. The average molecular weight is 253 g/mol. The highest BCUT2D eigenvalue weighted by Crippen LogP contribution is 2.34. The lowest BCUT2D eigenvalue weighted by Crippen LogP contribution is -2.01. The van der Waals surface area contributed by atoms with E-state index in [0.717, 1.165) is 0 Å². The molecule has 17 heavy (non-hydrogen) atoms. The molecule has 5 nitrogen and oxygen atoms in total. The maximum atomic E-state index is 11.1. The molecule has 0 fully saturated rings.